The van der Waals surface area contributed by atoms with E-state index in [1.165, 1.54) is 6.42 Å². The summed E-state index contributed by atoms with van der Waals surface area (Å²) in [5, 5.41) is 13.1. The average molecular weight is 600 g/mol. The van der Waals surface area contributed by atoms with Crippen LogP contribution in [0.1, 0.15) is 61.9 Å². The van der Waals surface area contributed by atoms with E-state index in [0.717, 1.165) is 42.7 Å². The lowest BCUT2D eigenvalue weighted by atomic mass is 9.88. The first-order valence-corrected chi connectivity index (χ1v) is 15.8. The summed E-state index contributed by atoms with van der Waals surface area (Å²) in [6.07, 6.45) is 4.78. The number of aliphatic hydroxyl groups excluding tert-OH is 1. The molecule has 2 N–H and O–H groups in total. The average Bonchev–Trinajstić information content (AvgIpc) is 3.04. The Balaban J connectivity index is 1.34. The van der Waals surface area contributed by atoms with Crippen LogP contribution in [-0.4, -0.2) is 65.6 Å². The Labute approximate surface area is 261 Å². The Morgan fingerprint density at radius 1 is 1.02 bits per heavy atom. The van der Waals surface area contributed by atoms with E-state index < -0.39 is 0 Å². The van der Waals surface area contributed by atoms with E-state index >= 15 is 0 Å². The molecule has 0 radical (unpaired) electrons. The topological polar surface area (TPSA) is 91.3 Å². The van der Waals surface area contributed by atoms with Crippen LogP contribution in [0.25, 0.3) is 0 Å². The zero-order valence-corrected chi connectivity index (χ0v) is 26.1. The fourth-order valence-corrected chi connectivity index (χ4v) is 6.13. The molecule has 234 valence electrons. The summed E-state index contributed by atoms with van der Waals surface area (Å²) in [4.78, 5) is 31.0. The van der Waals surface area contributed by atoms with Crippen LogP contribution in [0.5, 0.6) is 17.2 Å². The molecular weight excluding hydrogens is 554 g/mol. The van der Waals surface area contributed by atoms with Crippen LogP contribution < -0.4 is 14.8 Å². The molecule has 0 unspecified atom stereocenters. The Kier molecular flexibility index (Phi) is 10.6. The smallest absolute Gasteiger partial charge is 0.258 e. The Morgan fingerprint density at radius 3 is 2.43 bits per heavy atom. The van der Waals surface area contributed by atoms with Crippen LogP contribution in [0.15, 0.2) is 72.8 Å². The Morgan fingerprint density at radius 2 is 1.73 bits per heavy atom. The predicted octanol–water partition coefficient (Wildman–Crippen LogP) is 6.35. The van der Waals surface area contributed by atoms with Crippen molar-refractivity contribution in [2.24, 2.45) is 11.8 Å². The van der Waals surface area contributed by atoms with Crippen LogP contribution in [0, 0.1) is 11.8 Å². The van der Waals surface area contributed by atoms with Crippen molar-refractivity contribution in [1.82, 2.24) is 9.80 Å². The minimum absolute atomic E-state index is 0.0156. The van der Waals surface area contributed by atoms with Gasteiger partial charge in [0.1, 0.15) is 17.6 Å². The van der Waals surface area contributed by atoms with Gasteiger partial charge < -0.3 is 24.8 Å². The summed E-state index contributed by atoms with van der Waals surface area (Å²) < 4.78 is 12.7. The van der Waals surface area contributed by atoms with Crippen molar-refractivity contribution in [1.29, 1.82) is 0 Å². The van der Waals surface area contributed by atoms with Gasteiger partial charge in [-0.25, -0.2) is 0 Å². The highest BCUT2D eigenvalue weighted by molar-refractivity contribution is 6.02. The fourth-order valence-electron chi connectivity index (χ4n) is 6.13. The molecule has 0 aromatic heterocycles. The number of hydrogen-bond acceptors (Lipinski definition) is 6. The number of rotatable bonds is 10. The second kappa shape index (κ2) is 14.7. The van der Waals surface area contributed by atoms with Crippen molar-refractivity contribution in [3.63, 3.8) is 0 Å². The third-order valence-electron chi connectivity index (χ3n) is 8.77. The molecule has 2 amide bonds. The highest BCUT2D eigenvalue weighted by Gasteiger charge is 2.35. The first kappa shape index (κ1) is 31.5. The molecule has 1 aliphatic carbocycles. The predicted molar refractivity (Wildman–Crippen MR) is 172 cm³/mol. The zero-order valence-electron chi connectivity index (χ0n) is 26.1. The second-order valence-electron chi connectivity index (χ2n) is 12.4. The van der Waals surface area contributed by atoms with E-state index in [1.807, 2.05) is 55.5 Å². The molecule has 44 heavy (non-hydrogen) atoms. The lowest BCUT2D eigenvalue weighted by Gasteiger charge is -2.38. The van der Waals surface area contributed by atoms with Crippen LogP contribution >= 0.6 is 0 Å². The van der Waals surface area contributed by atoms with Gasteiger partial charge in [0.2, 0.25) is 5.91 Å². The van der Waals surface area contributed by atoms with E-state index in [9.17, 15) is 14.7 Å². The third-order valence-corrected chi connectivity index (χ3v) is 8.77. The molecule has 3 aromatic carbocycles. The highest BCUT2D eigenvalue weighted by Crippen LogP contribution is 2.36. The van der Waals surface area contributed by atoms with Gasteiger partial charge in [-0.15, -0.1) is 0 Å². The molecule has 8 heteroatoms. The lowest BCUT2D eigenvalue weighted by Crippen LogP contribution is -2.49. The Hall–Kier alpha value is -3.88. The molecule has 5 rings (SSSR count). The van der Waals surface area contributed by atoms with Crippen molar-refractivity contribution in [3.05, 3.63) is 83.9 Å². The number of nitrogens with zero attached hydrogens (tertiary/aromatic N) is 2. The molecule has 0 spiro atoms. The number of fused-ring (bicyclic) bond motifs is 1. The van der Waals surface area contributed by atoms with Crippen molar-refractivity contribution >= 4 is 17.5 Å². The standard InChI is InChI=1S/C36H45N3O5/c1-25-21-39(26(2)24-40)36(42)31-15-10-16-32(37-35(41)28-11-6-4-7-12-28)34(31)44-33(25)23-38(3)22-27-17-19-30(20-18-27)43-29-13-8-5-9-14-29/h5,8-10,13-20,25-26,28,33,40H,4,6-7,11-12,21-24H2,1-3H3,(H,37,41)/t25-,26+,33-/m0/s1. The summed E-state index contributed by atoms with van der Waals surface area (Å²) in [7, 11) is 2.06. The highest BCUT2D eigenvalue weighted by atomic mass is 16.5. The van der Waals surface area contributed by atoms with E-state index in [-0.39, 0.29) is 42.4 Å². The SMILES string of the molecule is C[C@H](CO)N1C[C@H](C)[C@H](CN(C)Cc2ccc(Oc3ccccc3)cc2)Oc2c(NC(=O)C3CCCCC3)cccc2C1=O. The van der Waals surface area contributed by atoms with Crippen LogP contribution in [0.3, 0.4) is 0 Å². The minimum atomic E-state index is -0.355. The molecule has 0 bridgehead atoms. The summed E-state index contributed by atoms with van der Waals surface area (Å²) >= 11 is 0. The van der Waals surface area contributed by atoms with E-state index in [0.29, 0.717) is 36.6 Å². The fraction of sp³-hybridized carbons (Fsp3) is 0.444. The van der Waals surface area contributed by atoms with Gasteiger partial charge >= 0.3 is 0 Å². The van der Waals surface area contributed by atoms with Gasteiger partial charge in [-0.1, -0.05) is 62.6 Å². The number of likely N-dealkylation sites (N-methyl/N-ethyl adjacent to an activating group) is 1. The summed E-state index contributed by atoms with van der Waals surface area (Å²) in [5.41, 5.74) is 2.07. The van der Waals surface area contributed by atoms with Gasteiger partial charge in [0.25, 0.3) is 5.91 Å². The Bertz CT molecular complexity index is 1390. The van der Waals surface area contributed by atoms with Crippen molar-refractivity contribution < 1.29 is 24.2 Å². The molecule has 8 nitrogen and oxygen atoms in total. The first-order valence-electron chi connectivity index (χ1n) is 15.8. The number of benzene rings is 3. The monoisotopic (exact) mass is 599 g/mol. The van der Waals surface area contributed by atoms with Crippen molar-refractivity contribution in [3.8, 4) is 17.2 Å². The molecule has 0 saturated heterocycles. The number of hydrogen-bond donors (Lipinski definition) is 2. The van der Waals surface area contributed by atoms with Crippen molar-refractivity contribution in [2.45, 2.75) is 64.6 Å². The van der Waals surface area contributed by atoms with Gasteiger partial charge in [0.15, 0.2) is 5.75 Å². The maximum atomic E-state index is 13.8. The maximum Gasteiger partial charge on any atom is 0.258 e. The van der Waals surface area contributed by atoms with Gasteiger partial charge in [-0.2, -0.15) is 0 Å². The van der Waals surface area contributed by atoms with Gasteiger partial charge in [0.05, 0.1) is 23.9 Å². The number of carbonyl (C=O) groups is 2. The lowest BCUT2D eigenvalue weighted by molar-refractivity contribution is -0.120. The second-order valence-corrected chi connectivity index (χ2v) is 12.4. The molecule has 1 fully saturated rings. The molecule has 1 saturated carbocycles. The molecule has 2 aliphatic rings. The zero-order chi connectivity index (χ0) is 31.1. The first-order chi connectivity index (χ1) is 21.3. The normalized spacial score (nSPS) is 19.8. The van der Waals surface area contributed by atoms with Crippen molar-refractivity contribution in [2.75, 3.05) is 32.1 Å². The molecule has 1 aliphatic heterocycles. The number of amides is 2. The molecule has 1 heterocycles. The number of carbonyl (C=O) groups excluding carboxylic acids is 2. The number of nitrogens with one attached hydrogen (secondary N) is 1. The van der Waals surface area contributed by atoms with E-state index in [1.54, 1.807) is 17.0 Å². The third kappa shape index (κ3) is 7.79. The number of para-hydroxylation sites is 2. The van der Waals surface area contributed by atoms with Gasteiger partial charge in [0, 0.05) is 31.5 Å². The molecular formula is C36H45N3O5. The molecule has 3 aromatic rings. The quantitative estimate of drug-likeness (QED) is 0.282. The number of aliphatic hydroxyl groups is 1. The van der Waals surface area contributed by atoms with E-state index in [4.69, 9.17) is 9.47 Å². The van der Waals surface area contributed by atoms with Crippen LogP contribution in [-0.2, 0) is 11.3 Å². The summed E-state index contributed by atoms with van der Waals surface area (Å²) in [5.74, 6) is 1.70. The molecule has 3 atom stereocenters. The summed E-state index contributed by atoms with van der Waals surface area (Å²) in [6, 6.07) is 22.8. The van der Waals surface area contributed by atoms with Crippen LogP contribution in [0.4, 0.5) is 5.69 Å². The minimum Gasteiger partial charge on any atom is -0.486 e. The van der Waals surface area contributed by atoms with Gasteiger partial charge in [-0.3, -0.25) is 14.5 Å². The number of ether oxygens (including phenoxy) is 2. The van der Waals surface area contributed by atoms with Gasteiger partial charge in [-0.05, 0) is 68.8 Å². The largest absolute Gasteiger partial charge is 0.486 e. The number of anilines is 1. The van der Waals surface area contributed by atoms with E-state index in [2.05, 4.69) is 36.3 Å². The maximum absolute atomic E-state index is 13.8. The van der Waals surface area contributed by atoms with Crippen LogP contribution in [0.2, 0.25) is 0 Å². The summed E-state index contributed by atoms with van der Waals surface area (Å²) in [6.45, 7) is 5.54.